The molecular formula is C51H34N4O2. The Bertz CT molecular complexity index is 3020. The lowest BCUT2D eigenvalue weighted by atomic mass is 9.99. The van der Waals surface area contributed by atoms with E-state index in [-0.39, 0.29) is 0 Å². The van der Waals surface area contributed by atoms with Gasteiger partial charge < -0.3 is 20.9 Å². The monoisotopic (exact) mass is 734 g/mol. The van der Waals surface area contributed by atoms with Gasteiger partial charge in [0.1, 0.15) is 23.0 Å². The third kappa shape index (κ3) is 5.74. The summed E-state index contributed by atoms with van der Waals surface area (Å²) in [4.78, 5) is 10.3. The van der Waals surface area contributed by atoms with Gasteiger partial charge >= 0.3 is 0 Å². The number of anilines is 2. The van der Waals surface area contributed by atoms with Crippen molar-refractivity contribution in [3.05, 3.63) is 181 Å². The van der Waals surface area contributed by atoms with Gasteiger partial charge in [-0.1, -0.05) is 84.9 Å². The number of aromatic nitrogens is 2. The van der Waals surface area contributed by atoms with E-state index in [1.165, 1.54) is 22.3 Å². The molecule has 0 saturated carbocycles. The number of pyridine rings is 2. The maximum Gasteiger partial charge on any atom is 0.129 e. The molecule has 2 heterocycles. The number of hydrogen-bond donors (Lipinski definition) is 2. The van der Waals surface area contributed by atoms with Crippen molar-refractivity contribution in [2.45, 2.75) is 6.42 Å². The van der Waals surface area contributed by atoms with Gasteiger partial charge in [-0.05, 0) is 112 Å². The summed E-state index contributed by atoms with van der Waals surface area (Å²) in [5, 5.41) is 6.37. The quantitative estimate of drug-likeness (QED) is 0.130. The number of nitrogens with two attached hydrogens (primary N) is 2. The number of ether oxygens (including phenoxy) is 2. The average Bonchev–Trinajstić information content (AvgIpc) is 3.60. The van der Waals surface area contributed by atoms with Crippen molar-refractivity contribution >= 4 is 54.7 Å². The third-order valence-corrected chi connectivity index (χ3v) is 11.0. The van der Waals surface area contributed by atoms with Gasteiger partial charge in [0.25, 0.3) is 0 Å². The molecule has 57 heavy (non-hydrogen) atoms. The van der Waals surface area contributed by atoms with Crippen LogP contribution in [0.4, 0.5) is 11.4 Å². The minimum atomic E-state index is 0.712. The molecule has 0 bridgehead atoms. The van der Waals surface area contributed by atoms with Gasteiger partial charge in [0.15, 0.2) is 0 Å². The Labute approximate surface area is 328 Å². The van der Waals surface area contributed by atoms with E-state index in [9.17, 15) is 0 Å². The van der Waals surface area contributed by atoms with E-state index >= 15 is 0 Å². The average molecular weight is 735 g/mol. The van der Waals surface area contributed by atoms with Gasteiger partial charge in [-0.3, -0.25) is 0 Å². The Hall–Kier alpha value is -7.70. The number of nitrogen functional groups attached to an aromatic ring is 2. The Morgan fingerprint density at radius 1 is 0.368 bits per heavy atom. The van der Waals surface area contributed by atoms with E-state index < -0.39 is 0 Å². The zero-order chi connectivity index (χ0) is 38.0. The third-order valence-electron chi connectivity index (χ3n) is 11.0. The Morgan fingerprint density at radius 3 is 1.23 bits per heavy atom. The first kappa shape index (κ1) is 32.7. The molecule has 10 aromatic rings. The van der Waals surface area contributed by atoms with Crippen LogP contribution in [-0.2, 0) is 6.42 Å². The molecular weight excluding hydrogens is 701 g/mol. The van der Waals surface area contributed by atoms with Crippen LogP contribution in [0.5, 0.6) is 23.0 Å². The second-order valence-corrected chi connectivity index (χ2v) is 14.6. The lowest BCUT2D eigenvalue weighted by molar-refractivity contribution is 0.483. The number of hydrogen-bond acceptors (Lipinski definition) is 6. The minimum absolute atomic E-state index is 0.712. The fraction of sp³-hybridized carbons (Fsp3) is 0.0196. The molecule has 0 saturated heterocycles. The molecule has 0 aliphatic heterocycles. The molecule has 0 atom stereocenters. The van der Waals surface area contributed by atoms with Gasteiger partial charge in [-0.15, -0.1) is 0 Å². The number of fused-ring (bicyclic) bond motifs is 9. The van der Waals surface area contributed by atoms with Crippen LogP contribution < -0.4 is 20.9 Å². The predicted octanol–water partition coefficient (Wildman–Crippen LogP) is 12.7. The maximum absolute atomic E-state index is 6.50. The highest BCUT2D eigenvalue weighted by Crippen LogP contribution is 2.43. The van der Waals surface area contributed by atoms with E-state index in [2.05, 4.69) is 72.8 Å². The highest BCUT2D eigenvalue weighted by atomic mass is 16.5. The molecule has 2 aromatic heterocycles. The fourth-order valence-corrected chi connectivity index (χ4v) is 8.33. The van der Waals surface area contributed by atoms with Gasteiger partial charge in [0, 0.05) is 56.2 Å². The van der Waals surface area contributed by atoms with Crippen LogP contribution in [0.15, 0.2) is 170 Å². The molecule has 0 amide bonds. The molecule has 6 nitrogen and oxygen atoms in total. The molecule has 270 valence electrons. The zero-order valence-corrected chi connectivity index (χ0v) is 30.7. The summed E-state index contributed by atoms with van der Waals surface area (Å²) in [6.45, 7) is 0. The van der Waals surface area contributed by atoms with Gasteiger partial charge in [0.2, 0.25) is 0 Å². The molecule has 11 rings (SSSR count). The summed E-state index contributed by atoms with van der Waals surface area (Å²) in [5.74, 6) is 3.02. The normalized spacial score (nSPS) is 11.9. The van der Waals surface area contributed by atoms with Crippen molar-refractivity contribution in [1.82, 2.24) is 9.97 Å². The second-order valence-electron chi connectivity index (χ2n) is 14.6. The molecule has 8 aromatic carbocycles. The Balaban J connectivity index is 0.869. The fourth-order valence-electron chi connectivity index (χ4n) is 8.33. The summed E-state index contributed by atoms with van der Waals surface area (Å²) < 4.78 is 13.0. The smallest absolute Gasteiger partial charge is 0.129 e. The van der Waals surface area contributed by atoms with E-state index in [4.69, 9.17) is 30.9 Å². The molecule has 6 heteroatoms. The Kier molecular flexibility index (Phi) is 7.44. The molecule has 1 aliphatic rings. The van der Waals surface area contributed by atoms with E-state index in [0.29, 0.717) is 11.4 Å². The molecule has 0 radical (unpaired) electrons. The van der Waals surface area contributed by atoms with Gasteiger partial charge in [0.05, 0.1) is 22.4 Å². The SMILES string of the molecule is Nc1ccc2c(c1)c(-c1ccccc1)nc1cc(Oc3ccc4c(c3)Cc3cc(Oc5ccc6c(c5)nc(-c5ccccc5)c5cc(N)ccc56)ccc3-4)ccc12. The van der Waals surface area contributed by atoms with Crippen LogP contribution in [0.25, 0.3) is 77.0 Å². The van der Waals surface area contributed by atoms with Crippen molar-refractivity contribution in [3.8, 4) is 56.6 Å². The minimum Gasteiger partial charge on any atom is -0.457 e. The highest BCUT2D eigenvalue weighted by molar-refractivity contribution is 6.13. The topological polar surface area (TPSA) is 96.3 Å². The lowest BCUT2D eigenvalue weighted by Gasteiger charge is -2.13. The second kappa shape index (κ2) is 13.0. The van der Waals surface area contributed by atoms with E-state index in [1.807, 2.05) is 97.1 Å². The van der Waals surface area contributed by atoms with E-state index in [0.717, 1.165) is 95.3 Å². The van der Waals surface area contributed by atoms with Crippen molar-refractivity contribution in [2.24, 2.45) is 0 Å². The van der Waals surface area contributed by atoms with Crippen LogP contribution in [0.1, 0.15) is 11.1 Å². The lowest BCUT2D eigenvalue weighted by Crippen LogP contribution is -1.93. The van der Waals surface area contributed by atoms with Crippen LogP contribution in [0.2, 0.25) is 0 Å². The Morgan fingerprint density at radius 2 is 0.772 bits per heavy atom. The number of nitrogens with zero attached hydrogens (tertiary/aromatic N) is 2. The molecule has 0 fully saturated rings. The summed E-state index contributed by atoms with van der Waals surface area (Å²) in [6, 6.07) is 57.4. The maximum atomic E-state index is 6.50. The molecule has 1 aliphatic carbocycles. The first-order valence-corrected chi connectivity index (χ1v) is 19.0. The largest absolute Gasteiger partial charge is 0.457 e. The van der Waals surface area contributed by atoms with Crippen LogP contribution in [0.3, 0.4) is 0 Å². The summed E-state index contributed by atoms with van der Waals surface area (Å²) >= 11 is 0. The molecule has 4 N–H and O–H groups in total. The van der Waals surface area contributed by atoms with Crippen LogP contribution in [-0.4, -0.2) is 9.97 Å². The zero-order valence-electron chi connectivity index (χ0n) is 30.7. The van der Waals surface area contributed by atoms with Crippen LogP contribution in [0, 0.1) is 0 Å². The number of benzene rings is 8. The predicted molar refractivity (Wildman–Crippen MR) is 233 cm³/mol. The van der Waals surface area contributed by atoms with Crippen molar-refractivity contribution in [2.75, 3.05) is 11.5 Å². The van der Waals surface area contributed by atoms with E-state index in [1.54, 1.807) is 0 Å². The summed E-state index contributed by atoms with van der Waals surface area (Å²) in [6.07, 6.45) is 0.780. The summed E-state index contributed by atoms with van der Waals surface area (Å²) in [7, 11) is 0. The first-order chi connectivity index (χ1) is 28.0. The first-order valence-electron chi connectivity index (χ1n) is 19.0. The number of rotatable bonds is 6. The highest BCUT2D eigenvalue weighted by Gasteiger charge is 2.21. The van der Waals surface area contributed by atoms with Crippen molar-refractivity contribution in [1.29, 1.82) is 0 Å². The van der Waals surface area contributed by atoms with Crippen LogP contribution >= 0.6 is 0 Å². The van der Waals surface area contributed by atoms with Crippen molar-refractivity contribution < 1.29 is 9.47 Å². The van der Waals surface area contributed by atoms with Gasteiger partial charge in [-0.2, -0.15) is 0 Å². The molecule has 0 unspecified atom stereocenters. The van der Waals surface area contributed by atoms with Crippen molar-refractivity contribution in [3.63, 3.8) is 0 Å². The standard InChI is InChI=1S/C51H34N4O2/c52-34-11-17-42-44-21-15-38(28-48(44)54-50(46(42)26-34)30-7-3-1-4-8-30)56-36-13-19-40-32(24-36)23-33-25-37(14-20-41(33)40)57-39-16-22-45-43-18-12-35(53)27-47(43)51(55-49(45)29-39)31-9-5-2-6-10-31/h1-22,24-29H,23,52-53H2. The molecule has 0 spiro atoms. The summed E-state index contributed by atoms with van der Waals surface area (Å²) in [5.41, 5.74) is 24.3. The van der Waals surface area contributed by atoms with Gasteiger partial charge in [-0.25, -0.2) is 9.97 Å².